The molecule has 1 aromatic carbocycles. The summed E-state index contributed by atoms with van der Waals surface area (Å²) in [7, 11) is 0. The van der Waals surface area contributed by atoms with Crippen molar-refractivity contribution in [2.45, 2.75) is 25.8 Å². The molecule has 1 heterocycles. The van der Waals surface area contributed by atoms with Crippen molar-refractivity contribution in [1.29, 1.82) is 0 Å². The van der Waals surface area contributed by atoms with Gasteiger partial charge in [0.25, 0.3) is 5.69 Å². The summed E-state index contributed by atoms with van der Waals surface area (Å²) < 4.78 is 0. The normalized spacial score (nSPS) is 19.2. The molecule has 0 radical (unpaired) electrons. The van der Waals surface area contributed by atoms with Gasteiger partial charge in [0, 0.05) is 24.4 Å². The van der Waals surface area contributed by atoms with Gasteiger partial charge in [-0.25, -0.2) is 0 Å². The van der Waals surface area contributed by atoms with Crippen LogP contribution in [0.25, 0.3) is 0 Å². The second-order valence-corrected chi connectivity index (χ2v) is 4.44. The Bertz CT molecular complexity index is 487. The molecule has 1 unspecified atom stereocenters. The number of piperidine rings is 1. The highest BCUT2D eigenvalue weighted by Gasteiger charge is 2.22. The van der Waals surface area contributed by atoms with E-state index in [1.807, 2.05) is 0 Å². The third-order valence-electron chi connectivity index (χ3n) is 2.90. The van der Waals surface area contributed by atoms with E-state index in [1.54, 1.807) is 13.0 Å². The molecule has 1 atom stereocenters. The molecule has 1 saturated heterocycles. The number of non-ortho nitro benzene ring substituents is 1. The van der Waals surface area contributed by atoms with E-state index in [2.05, 4.69) is 10.6 Å². The third kappa shape index (κ3) is 2.77. The SMILES string of the molecule is Cc1cc(NC2CCCNC2=O)cc([N+](=O)[O-])c1. The van der Waals surface area contributed by atoms with E-state index in [-0.39, 0.29) is 17.6 Å². The summed E-state index contributed by atoms with van der Waals surface area (Å²) in [6.45, 7) is 2.49. The lowest BCUT2D eigenvalue weighted by atomic mass is 10.1. The number of hydrogen-bond acceptors (Lipinski definition) is 4. The van der Waals surface area contributed by atoms with Crippen LogP contribution in [0.4, 0.5) is 11.4 Å². The van der Waals surface area contributed by atoms with Crippen molar-refractivity contribution in [2.75, 3.05) is 11.9 Å². The number of carbonyl (C=O) groups is 1. The van der Waals surface area contributed by atoms with Gasteiger partial charge >= 0.3 is 0 Å². The number of rotatable bonds is 3. The van der Waals surface area contributed by atoms with Gasteiger partial charge in [-0.15, -0.1) is 0 Å². The van der Waals surface area contributed by atoms with E-state index < -0.39 is 4.92 Å². The minimum Gasteiger partial charge on any atom is -0.373 e. The lowest BCUT2D eigenvalue weighted by Gasteiger charge is -2.23. The zero-order valence-electron chi connectivity index (χ0n) is 10.1. The molecule has 0 aromatic heterocycles. The third-order valence-corrected chi connectivity index (χ3v) is 2.90. The van der Waals surface area contributed by atoms with Crippen molar-refractivity contribution in [1.82, 2.24) is 5.32 Å². The number of nitrogens with one attached hydrogen (secondary N) is 2. The van der Waals surface area contributed by atoms with Gasteiger partial charge in [0.15, 0.2) is 0 Å². The molecule has 1 aliphatic rings. The van der Waals surface area contributed by atoms with Crippen LogP contribution in [0.1, 0.15) is 18.4 Å². The van der Waals surface area contributed by atoms with Crippen LogP contribution in [0.5, 0.6) is 0 Å². The van der Waals surface area contributed by atoms with Crippen molar-refractivity contribution in [3.63, 3.8) is 0 Å². The Balaban J connectivity index is 2.17. The van der Waals surface area contributed by atoms with Crippen LogP contribution in [-0.4, -0.2) is 23.4 Å². The van der Waals surface area contributed by atoms with Crippen molar-refractivity contribution in [3.05, 3.63) is 33.9 Å². The predicted molar refractivity (Wildman–Crippen MR) is 67.5 cm³/mol. The van der Waals surface area contributed by atoms with E-state index in [9.17, 15) is 14.9 Å². The monoisotopic (exact) mass is 249 g/mol. The predicted octanol–water partition coefficient (Wildman–Crippen LogP) is 1.59. The lowest BCUT2D eigenvalue weighted by molar-refractivity contribution is -0.384. The Labute approximate surface area is 105 Å². The second-order valence-electron chi connectivity index (χ2n) is 4.44. The summed E-state index contributed by atoms with van der Waals surface area (Å²) in [5.74, 6) is -0.0505. The number of nitro groups is 1. The van der Waals surface area contributed by atoms with Gasteiger partial charge in [-0.3, -0.25) is 14.9 Å². The van der Waals surface area contributed by atoms with Gasteiger partial charge in [0.2, 0.25) is 5.91 Å². The number of nitro benzene ring substituents is 1. The van der Waals surface area contributed by atoms with Crippen LogP contribution < -0.4 is 10.6 Å². The van der Waals surface area contributed by atoms with E-state index in [4.69, 9.17) is 0 Å². The molecular weight excluding hydrogens is 234 g/mol. The molecule has 1 amide bonds. The van der Waals surface area contributed by atoms with Gasteiger partial charge in [0.05, 0.1) is 4.92 Å². The van der Waals surface area contributed by atoms with Crippen LogP contribution in [0.15, 0.2) is 18.2 Å². The number of hydrogen-bond donors (Lipinski definition) is 2. The molecule has 1 fully saturated rings. The van der Waals surface area contributed by atoms with Gasteiger partial charge in [-0.2, -0.15) is 0 Å². The molecule has 0 bridgehead atoms. The highest BCUT2D eigenvalue weighted by atomic mass is 16.6. The van der Waals surface area contributed by atoms with Crippen LogP contribution in [-0.2, 0) is 4.79 Å². The summed E-state index contributed by atoms with van der Waals surface area (Å²) in [6.07, 6.45) is 1.66. The van der Waals surface area contributed by atoms with Gasteiger partial charge in [0.1, 0.15) is 6.04 Å². The topological polar surface area (TPSA) is 84.3 Å². The zero-order chi connectivity index (χ0) is 13.1. The van der Waals surface area contributed by atoms with Crippen molar-refractivity contribution < 1.29 is 9.72 Å². The molecule has 0 aliphatic carbocycles. The minimum absolute atomic E-state index is 0.0358. The summed E-state index contributed by atoms with van der Waals surface area (Å²) in [6, 6.07) is 4.45. The Morgan fingerprint density at radius 2 is 2.22 bits per heavy atom. The maximum atomic E-state index is 11.6. The fourth-order valence-electron chi connectivity index (χ4n) is 2.06. The zero-order valence-corrected chi connectivity index (χ0v) is 10.1. The second kappa shape index (κ2) is 5.03. The number of aryl methyl sites for hydroxylation is 1. The van der Waals surface area contributed by atoms with Crippen molar-refractivity contribution in [2.24, 2.45) is 0 Å². The molecular formula is C12H15N3O3. The van der Waals surface area contributed by atoms with E-state index in [0.717, 1.165) is 18.4 Å². The van der Waals surface area contributed by atoms with E-state index >= 15 is 0 Å². The number of benzene rings is 1. The van der Waals surface area contributed by atoms with E-state index in [1.165, 1.54) is 12.1 Å². The summed E-state index contributed by atoms with van der Waals surface area (Å²) in [5.41, 5.74) is 1.44. The quantitative estimate of drug-likeness (QED) is 0.629. The number of anilines is 1. The van der Waals surface area contributed by atoms with Gasteiger partial charge in [-0.1, -0.05) is 0 Å². The van der Waals surface area contributed by atoms with Crippen LogP contribution >= 0.6 is 0 Å². The first-order chi connectivity index (χ1) is 8.56. The molecule has 2 N–H and O–H groups in total. The number of nitrogens with zero attached hydrogens (tertiary/aromatic N) is 1. The molecule has 96 valence electrons. The summed E-state index contributed by atoms with van der Waals surface area (Å²) >= 11 is 0. The molecule has 0 saturated carbocycles. The van der Waals surface area contributed by atoms with Crippen LogP contribution in [0, 0.1) is 17.0 Å². The smallest absolute Gasteiger partial charge is 0.271 e. The highest BCUT2D eigenvalue weighted by molar-refractivity contribution is 5.85. The Hall–Kier alpha value is -2.11. The molecule has 18 heavy (non-hydrogen) atoms. The number of carbonyl (C=O) groups excluding carboxylic acids is 1. The number of amides is 1. The van der Waals surface area contributed by atoms with Gasteiger partial charge in [-0.05, 0) is 31.4 Å². The lowest BCUT2D eigenvalue weighted by Crippen LogP contribution is -2.44. The maximum absolute atomic E-state index is 11.6. The summed E-state index contributed by atoms with van der Waals surface area (Å²) in [5, 5.41) is 16.6. The van der Waals surface area contributed by atoms with Crippen LogP contribution in [0.2, 0.25) is 0 Å². The Kier molecular flexibility index (Phi) is 3.45. The first-order valence-electron chi connectivity index (χ1n) is 5.86. The average Bonchev–Trinajstić information content (AvgIpc) is 2.31. The van der Waals surface area contributed by atoms with E-state index in [0.29, 0.717) is 12.2 Å². The average molecular weight is 249 g/mol. The molecule has 0 spiro atoms. The summed E-state index contributed by atoms with van der Waals surface area (Å²) in [4.78, 5) is 21.9. The molecule has 6 nitrogen and oxygen atoms in total. The van der Waals surface area contributed by atoms with Crippen molar-refractivity contribution >= 4 is 17.3 Å². The molecule has 1 aliphatic heterocycles. The molecule has 1 aromatic rings. The van der Waals surface area contributed by atoms with Gasteiger partial charge < -0.3 is 10.6 Å². The Morgan fingerprint density at radius 1 is 1.44 bits per heavy atom. The molecule has 6 heteroatoms. The molecule has 2 rings (SSSR count). The van der Waals surface area contributed by atoms with Crippen LogP contribution in [0.3, 0.4) is 0 Å². The first kappa shape index (κ1) is 12.3. The maximum Gasteiger partial charge on any atom is 0.271 e. The fourth-order valence-corrected chi connectivity index (χ4v) is 2.06. The fraction of sp³-hybridized carbons (Fsp3) is 0.417. The Morgan fingerprint density at radius 3 is 2.89 bits per heavy atom. The minimum atomic E-state index is -0.431. The standard InChI is InChI=1S/C12H15N3O3/c1-8-5-9(7-10(6-8)15(17)18)14-11-3-2-4-13-12(11)16/h5-7,11,14H,2-4H2,1H3,(H,13,16). The highest BCUT2D eigenvalue weighted by Crippen LogP contribution is 2.22. The largest absolute Gasteiger partial charge is 0.373 e. The first-order valence-corrected chi connectivity index (χ1v) is 5.86. The van der Waals surface area contributed by atoms with Crippen molar-refractivity contribution in [3.8, 4) is 0 Å².